The minimum atomic E-state index is -1.12. The van der Waals surface area contributed by atoms with E-state index in [4.69, 9.17) is 0 Å². The maximum Gasteiger partial charge on any atom is 0.271 e. The molecule has 1 saturated carbocycles. The van der Waals surface area contributed by atoms with Crippen molar-refractivity contribution in [2.75, 3.05) is 0 Å². The second-order valence-corrected chi connectivity index (χ2v) is 10.5. The van der Waals surface area contributed by atoms with E-state index in [2.05, 4.69) is 5.32 Å². The fourth-order valence-electron chi connectivity index (χ4n) is 5.26. The Balaban J connectivity index is 1.50. The summed E-state index contributed by atoms with van der Waals surface area (Å²) in [7, 11) is 0. The van der Waals surface area contributed by atoms with Gasteiger partial charge in [-0.3, -0.25) is 9.59 Å². The van der Waals surface area contributed by atoms with E-state index in [1.165, 1.54) is 25.3 Å². The minimum Gasteiger partial charge on any atom is -0.351 e. The van der Waals surface area contributed by atoms with E-state index in [1.807, 2.05) is 29.0 Å². The summed E-state index contributed by atoms with van der Waals surface area (Å²) in [5, 5.41) is 5.28. The van der Waals surface area contributed by atoms with E-state index in [9.17, 15) is 14.0 Å². The first-order valence-electron chi connectivity index (χ1n) is 11.9. The Morgan fingerprint density at radius 2 is 1.88 bits per heavy atom. The first-order valence-corrected chi connectivity index (χ1v) is 12.8. The average molecular weight is 468 g/mol. The van der Waals surface area contributed by atoms with Crippen LogP contribution in [0, 0.1) is 5.82 Å². The molecule has 5 rings (SSSR count). The first-order chi connectivity index (χ1) is 16.0. The van der Waals surface area contributed by atoms with Crippen LogP contribution in [0.15, 0.2) is 41.8 Å². The molecule has 174 valence electrons. The Morgan fingerprint density at radius 3 is 2.64 bits per heavy atom. The van der Waals surface area contributed by atoms with Gasteiger partial charge >= 0.3 is 0 Å². The number of nitrogens with one attached hydrogen (secondary N) is 1. The van der Waals surface area contributed by atoms with Crippen LogP contribution in [0.5, 0.6) is 0 Å². The number of halogens is 1. The number of rotatable bonds is 4. The molecule has 3 aromatic rings. The van der Waals surface area contributed by atoms with Gasteiger partial charge in [0, 0.05) is 11.6 Å². The number of hydrogen-bond donors (Lipinski definition) is 1. The average Bonchev–Trinajstić information content (AvgIpc) is 3.36. The Bertz CT molecular complexity index is 1180. The number of fused-ring (bicyclic) bond motifs is 3. The fraction of sp³-hybridized carbons (Fsp3) is 0.462. The van der Waals surface area contributed by atoms with Gasteiger partial charge in [0.15, 0.2) is 0 Å². The van der Waals surface area contributed by atoms with Crippen LogP contribution in [-0.2, 0) is 17.9 Å². The smallest absolute Gasteiger partial charge is 0.271 e. The fourth-order valence-corrected chi connectivity index (χ4v) is 6.08. The van der Waals surface area contributed by atoms with Crippen LogP contribution in [-0.4, -0.2) is 32.9 Å². The van der Waals surface area contributed by atoms with E-state index >= 15 is 0 Å². The molecule has 0 saturated heterocycles. The van der Waals surface area contributed by atoms with Gasteiger partial charge in [0.1, 0.15) is 17.1 Å². The molecule has 1 aliphatic carbocycles. The lowest BCUT2D eigenvalue weighted by atomic mass is 9.91. The molecule has 7 heteroatoms. The van der Waals surface area contributed by atoms with Crippen LogP contribution in [0.3, 0.4) is 0 Å². The second kappa shape index (κ2) is 8.93. The standard InChI is InChI=1S/C26H30FN3O2S/c1-26(25(32)28-19-10-5-3-2-4-6-11-19)17-29-21-13-14-33-23(21)15-22(29)24(31)30(26)16-18-9-7-8-12-20(18)27/h7-9,12-15,19H,2-6,10-11,16-17H2,1H3,(H,28,32). The van der Waals surface area contributed by atoms with E-state index in [1.54, 1.807) is 34.4 Å². The van der Waals surface area contributed by atoms with Crippen LogP contribution in [0.1, 0.15) is 67.9 Å². The predicted octanol–water partition coefficient (Wildman–Crippen LogP) is 5.49. The molecule has 2 amide bonds. The third-order valence-electron chi connectivity index (χ3n) is 7.26. The summed E-state index contributed by atoms with van der Waals surface area (Å²) in [6.45, 7) is 2.23. The summed E-state index contributed by atoms with van der Waals surface area (Å²) in [5.41, 5.74) is 0.823. The highest BCUT2D eigenvalue weighted by Gasteiger charge is 2.48. The molecule has 0 bridgehead atoms. The maximum atomic E-state index is 14.6. The molecular formula is C26H30FN3O2S. The highest BCUT2D eigenvalue weighted by Crippen LogP contribution is 2.35. The molecule has 1 fully saturated rings. The van der Waals surface area contributed by atoms with Gasteiger partial charge in [-0.15, -0.1) is 11.3 Å². The van der Waals surface area contributed by atoms with Gasteiger partial charge in [-0.1, -0.05) is 50.3 Å². The van der Waals surface area contributed by atoms with Gasteiger partial charge in [-0.05, 0) is 43.3 Å². The number of aromatic nitrogens is 1. The number of nitrogens with zero attached hydrogens (tertiary/aromatic N) is 2. The molecule has 1 atom stereocenters. The van der Waals surface area contributed by atoms with E-state index in [0.717, 1.165) is 35.9 Å². The molecular weight excluding hydrogens is 437 g/mol. The zero-order chi connectivity index (χ0) is 23.0. The summed E-state index contributed by atoms with van der Waals surface area (Å²) < 4.78 is 17.5. The number of carbonyl (C=O) groups is 2. The molecule has 1 unspecified atom stereocenters. The van der Waals surface area contributed by atoms with E-state index in [0.29, 0.717) is 17.8 Å². The molecule has 2 aliphatic rings. The topological polar surface area (TPSA) is 54.3 Å². The lowest BCUT2D eigenvalue weighted by Crippen LogP contribution is -2.64. The van der Waals surface area contributed by atoms with Crippen LogP contribution >= 0.6 is 11.3 Å². The Morgan fingerprint density at radius 1 is 1.15 bits per heavy atom. The van der Waals surface area contributed by atoms with Crippen molar-refractivity contribution in [3.63, 3.8) is 0 Å². The highest BCUT2D eigenvalue weighted by atomic mass is 32.1. The number of benzene rings is 1. The second-order valence-electron chi connectivity index (χ2n) is 9.56. The van der Waals surface area contributed by atoms with Crippen LogP contribution in [0.4, 0.5) is 4.39 Å². The third kappa shape index (κ3) is 4.07. The van der Waals surface area contributed by atoms with Crippen molar-refractivity contribution in [3.8, 4) is 0 Å². The molecule has 0 spiro atoms. The highest BCUT2D eigenvalue weighted by molar-refractivity contribution is 7.17. The van der Waals surface area contributed by atoms with Gasteiger partial charge in [-0.25, -0.2) is 4.39 Å². The zero-order valence-corrected chi connectivity index (χ0v) is 19.8. The molecule has 1 aliphatic heterocycles. The van der Waals surface area contributed by atoms with Crippen LogP contribution in [0.2, 0.25) is 0 Å². The van der Waals surface area contributed by atoms with Crippen LogP contribution < -0.4 is 5.32 Å². The van der Waals surface area contributed by atoms with Crippen LogP contribution in [0.25, 0.3) is 10.2 Å². The summed E-state index contributed by atoms with van der Waals surface area (Å²) in [4.78, 5) is 29.1. The molecule has 1 N–H and O–H groups in total. The Hall–Kier alpha value is -2.67. The monoisotopic (exact) mass is 467 g/mol. The van der Waals surface area contributed by atoms with E-state index in [-0.39, 0.29) is 30.2 Å². The van der Waals surface area contributed by atoms with Crippen molar-refractivity contribution in [1.29, 1.82) is 0 Å². The summed E-state index contributed by atoms with van der Waals surface area (Å²) >= 11 is 1.58. The minimum absolute atomic E-state index is 0.0545. The molecule has 2 aromatic heterocycles. The largest absolute Gasteiger partial charge is 0.351 e. The van der Waals surface area contributed by atoms with Gasteiger partial charge < -0.3 is 14.8 Å². The van der Waals surface area contributed by atoms with Gasteiger partial charge in [0.25, 0.3) is 5.91 Å². The zero-order valence-electron chi connectivity index (χ0n) is 19.0. The van der Waals surface area contributed by atoms with Crippen molar-refractivity contribution in [2.45, 2.75) is 76.5 Å². The van der Waals surface area contributed by atoms with E-state index < -0.39 is 5.54 Å². The molecule has 33 heavy (non-hydrogen) atoms. The lowest BCUT2D eigenvalue weighted by Gasteiger charge is -2.44. The molecule has 1 aromatic carbocycles. The SMILES string of the molecule is CC1(C(=O)NC2CCCCCCC2)Cn2c(cc3sccc32)C(=O)N1Cc1ccccc1F. The maximum absolute atomic E-state index is 14.6. The third-order valence-corrected chi connectivity index (χ3v) is 8.12. The van der Waals surface area contributed by atoms with Crippen molar-refractivity contribution in [2.24, 2.45) is 0 Å². The number of thiophene rings is 1. The summed E-state index contributed by atoms with van der Waals surface area (Å²) in [6.07, 6.45) is 7.80. The lowest BCUT2D eigenvalue weighted by molar-refractivity contribution is -0.134. The van der Waals surface area contributed by atoms with Crippen molar-refractivity contribution < 1.29 is 14.0 Å². The molecule has 3 heterocycles. The van der Waals surface area contributed by atoms with Gasteiger partial charge in [-0.2, -0.15) is 0 Å². The quantitative estimate of drug-likeness (QED) is 0.552. The van der Waals surface area contributed by atoms with Crippen molar-refractivity contribution in [3.05, 3.63) is 58.9 Å². The number of hydrogen-bond acceptors (Lipinski definition) is 3. The molecule has 5 nitrogen and oxygen atoms in total. The molecule has 0 radical (unpaired) electrons. The Labute approximate surface area is 197 Å². The number of carbonyl (C=O) groups excluding carboxylic acids is 2. The summed E-state index contributed by atoms with van der Waals surface area (Å²) in [5.74, 6) is -0.751. The Kier molecular flexibility index (Phi) is 5.99. The first kappa shape index (κ1) is 22.1. The van der Waals surface area contributed by atoms with Crippen molar-refractivity contribution in [1.82, 2.24) is 14.8 Å². The predicted molar refractivity (Wildman–Crippen MR) is 129 cm³/mol. The van der Waals surface area contributed by atoms with Crippen molar-refractivity contribution >= 4 is 33.4 Å². The number of amides is 2. The van der Waals surface area contributed by atoms with Gasteiger partial charge in [0.2, 0.25) is 5.91 Å². The summed E-state index contributed by atoms with van der Waals surface area (Å²) in [6, 6.07) is 10.5. The normalized spacial score (nSPS) is 22.1. The van der Waals surface area contributed by atoms with Gasteiger partial charge in [0.05, 0.1) is 23.3 Å².